The molecule has 0 amide bonds. The van der Waals surface area contributed by atoms with Gasteiger partial charge in [0.25, 0.3) is 0 Å². The van der Waals surface area contributed by atoms with Crippen LogP contribution < -0.4 is 24.5 Å². The predicted molar refractivity (Wildman–Crippen MR) is 683 cm³/mol. The van der Waals surface area contributed by atoms with Crippen LogP contribution in [0.3, 0.4) is 0 Å². The summed E-state index contributed by atoms with van der Waals surface area (Å²) in [6, 6.07) is 37.3. The summed E-state index contributed by atoms with van der Waals surface area (Å²) in [5.74, 6) is 0. The molecule has 4 rings (SSSR count). The van der Waals surface area contributed by atoms with E-state index in [9.17, 15) is 0 Å². The molecule has 0 saturated heterocycles. The lowest BCUT2D eigenvalue weighted by molar-refractivity contribution is -0.858. The van der Waals surface area contributed by atoms with Crippen LogP contribution in [0.4, 0.5) is 22.7 Å². The Morgan fingerprint density at radius 2 is 0.227 bits per heavy atom. The zero-order chi connectivity index (χ0) is 109. The van der Waals surface area contributed by atoms with E-state index in [0.717, 1.165) is 0 Å². The standard InChI is InChI=1S/C60H115N.C27H49N.C26H47N.C20H43N.C12H19N/c1-4-7-10-13-16-19-22-25-28-31-34-37-40-43-46-49-52-59-53-55-60(56-54-59)61(57-50-47-44-41-38-35-32-29-26-23-20-17-14-11-8-5-2)58-51-48-45-42-39-36-33-30-27-24-21-18-15-12-9-6-3;1-4-5-6-7-8-9-10-11-12-13-14-15-16-17-18-19-20-21-26-22-24-27(25-23-26)28(2)3;1-4-5-6-7-8-9-10-11-12-13-14-15-16-17-18-19-20-25-21-23-26(24-22-25)27(2)3;1-4-5-6-7-8-9-10-11-12-13-14-15-16-17-18-19-20-21(2)3;1-4-5-6-11-7-9-12(10-8-11)13(2)3/h53-56H,4-52,57-58H2,1-3H3;22-25H,4-21H2,1-3H3;21-24H,4-20H2,1-3H3;4-20H2,1-3H3;7-10H,4-6H2,1-3H3/p+5. The van der Waals surface area contributed by atoms with Gasteiger partial charge in [0.2, 0.25) is 0 Å². The minimum Gasteiger partial charge on any atom is -0.340 e. The Bertz CT molecular complexity index is 3060. The van der Waals surface area contributed by atoms with Gasteiger partial charge in [-0.05, 0) is 161 Å². The third-order valence-electron chi connectivity index (χ3n) is 33.2. The SMILES string of the molecule is CCCCCCCCCCCCCCCCCCCc1ccc([NH+](C)C)cc1.CCCCCCCCCCCCCCCCCC[NH+](C)C.CCCCCCCCCCCCCCCCCCc1ccc([NH+](C)C)cc1.CCCCCCCCCCCCCCCCCCc1ccc([NH+](CCCCCCCCCCCCCCCCCC)CCCCCCCCCCCCCCCCCC)cc1.CCCCc1ccc([NH+](C)C)cc1. The van der Waals surface area contributed by atoms with Crippen molar-refractivity contribution in [3.63, 3.8) is 0 Å². The molecule has 5 heteroatoms. The molecule has 0 spiro atoms. The Kier molecular flexibility index (Phi) is 120. The molecule has 0 bridgehead atoms. The van der Waals surface area contributed by atoms with Crippen molar-refractivity contribution >= 4 is 22.7 Å². The summed E-state index contributed by atoms with van der Waals surface area (Å²) in [7, 11) is 17.6. The van der Waals surface area contributed by atoms with Gasteiger partial charge < -0.3 is 24.5 Å². The van der Waals surface area contributed by atoms with E-state index in [1.807, 2.05) is 0 Å². The minimum atomic E-state index is 1.22. The van der Waals surface area contributed by atoms with Gasteiger partial charge in [-0.25, -0.2) is 0 Å². The first-order valence-corrected chi connectivity index (χ1v) is 69.2. The molecule has 4 aromatic carbocycles. The van der Waals surface area contributed by atoms with E-state index in [1.165, 1.54) is 729 Å². The normalized spacial score (nSPS) is 11.5. The van der Waals surface area contributed by atoms with Gasteiger partial charge in [-0.1, -0.05) is 668 Å². The van der Waals surface area contributed by atoms with Gasteiger partial charge >= 0.3 is 0 Å². The fourth-order valence-electron chi connectivity index (χ4n) is 22.3. The summed E-state index contributed by atoms with van der Waals surface area (Å²) in [5.41, 5.74) is 11.7. The molecule has 5 N–H and O–H groups in total. The van der Waals surface area contributed by atoms with Crippen molar-refractivity contribution in [2.24, 2.45) is 0 Å². The number of nitrogens with one attached hydrogen (secondary N) is 5. The highest BCUT2D eigenvalue weighted by atomic mass is 15.1. The molecule has 0 aliphatic rings. The fraction of sp³-hybridized carbons (Fsp3) is 0.834. The average Bonchev–Trinajstić information content (AvgIpc) is 0.876. The Hall–Kier alpha value is -3.32. The number of hydrogen-bond donors (Lipinski definition) is 5. The maximum absolute atomic E-state index is 2.51. The van der Waals surface area contributed by atoms with Crippen LogP contribution in [-0.2, 0) is 25.7 Å². The number of rotatable bonds is 110. The van der Waals surface area contributed by atoms with Crippen LogP contribution in [0, 0.1) is 0 Å². The van der Waals surface area contributed by atoms with E-state index in [1.54, 1.807) is 21.1 Å². The lowest BCUT2D eigenvalue weighted by Crippen LogP contribution is -3.07. The number of aryl methyl sites for hydroxylation is 4. The maximum Gasteiger partial charge on any atom is 0.131 e. The van der Waals surface area contributed by atoms with E-state index < -0.39 is 0 Å². The second kappa shape index (κ2) is 123. The minimum absolute atomic E-state index is 1.22. The molecule has 0 unspecified atom stereocenters. The molecule has 4 aromatic rings. The summed E-state index contributed by atoms with van der Waals surface area (Å²) < 4.78 is 0. The largest absolute Gasteiger partial charge is 0.340 e. The first-order chi connectivity index (χ1) is 73.8. The first kappa shape index (κ1) is 147. The monoisotopic (exact) mass is 2090 g/mol. The summed E-state index contributed by atoms with van der Waals surface area (Å²) in [6.07, 6.45) is 148. The highest BCUT2D eigenvalue weighted by Gasteiger charge is 2.15. The molecule has 0 heterocycles. The number of hydrogen-bond acceptors (Lipinski definition) is 0. The van der Waals surface area contributed by atoms with Crippen LogP contribution in [0.2, 0.25) is 0 Å². The summed E-state index contributed by atoms with van der Waals surface area (Å²) in [6.45, 7) is 20.1. The van der Waals surface area contributed by atoms with Crippen molar-refractivity contribution in [2.45, 2.75) is 710 Å². The Labute approximate surface area is 946 Å². The van der Waals surface area contributed by atoms with E-state index in [2.05, 4.69) is 202 Å². The molecule has 0 atom stereocenters. The van der Waals surface area contributed by atoms with Crippen molar-refractivity contribution in [2.75, 3.05) is 76.0 Å². The molecule has 0 saturated carbocycles. The molecule has 0 radical (unpaired) electrons. The molecule has 0 aromatic heterocycles. The van der Waals surface area contributed by atoms with Gasteiger partial charge in [0, 0.05) is 0 Å². The fourth-order valence-corrected chi connectivity index (χ4v) is 22.3. The van der Waals surface area contributed by atoms with Gasteiger partial charge in [0.15, 0.2) is 0 Å². The van der Waals surface area contributed by atoms with E-state index in [-0.39, 0.29) is 0 Å². The van der Waals surface area contributed by atoms with Gasteiger partial charge in [-0.15, -0.1) is 0 Å². The lowest BCUT2D eigenvalue weighted by atomic mass is 10.0. The topological polar surface area (TPSA) is 22.2 Å². The molecule has 5 nitrogen and oxygen atoms in total. The van der Waals surface area contributed by atoms with Crippen LogP contribution in [0.25, 0.3) is 0 Å². The molecular weight excluding hydrogens is 1810 g/mol. The van der Waals surface area contributed by atoms with Crippen molar-refractivity contribution in [3.8, 4) is 0 Å². The molecule has 0 aliphatic carbocycles. The van der Waals surface area contributed by atoms with E-state index in [0.29, 0.717) is 0 Å². The van der Waals surface area contributed by atoms with Gasteiger partial charge in [0.05, 0.1) is 76.0 Å². The highest BCUT2D eigenvalue weighted by molar-refractivity contribution is 5.35. The van der Waals surface area contributed by atoms with E-state index in [4.69, 9.17) is 0 Å². The van der Waals surface area contributed by atoms with Crippen LogP contribution >= 0.6 is 0 Å². The van der Waals surface area contributed by atoms with E-state index >= 15 is 0 Å². The van der Waals surface area contributed by atoms with Crippen LogP contribution in [0.1, 0.15) is 706 Å². The summed E-state index contributed by atoms with van der Waals surface area (Å²) >= 11 is 0. The van der Waals surface area contributed by atoms with Crippen LogP contribution in [-0.4, -0.2) is 76.0 Å². The number of benzene rings is 4. The second-order valence-corrected chi connectivity index (χ2v) is 49.4. The second-order valence-electron chi connectivity index (χ2n) is 49.4. The van der Waals surface area contributed by atoms with Gasteiger partial charge in [-0.3, -0.25) is 0 Å². The zero-order valence-electron chi connectivity index (χ0n) is 106. The molecule has 878 valence electrons. The van der Waals surface area contributed by atoms with Crippen molar-refractivity contribution in [1.82, 2.24) is 0 Å². The molecule has 150 heavy (non-hydrogen) atoms. The average molecular weight is 2090 g/mol. The van der Waals surface area contributed by atoms with Gasteiger partial charge in [0.1, 0.15) is 22.7 Å². The first-order valence-electron chi connectivity index (χ1n) is 69.2. The van der Waals surface area contributed by atoms with Crippen LogP contribution in [0.15, 0.2) is 97.1 Å². The molecule has 0 aliphatic heterocycles. The zero-order valence-corrected chi connectivity index (χ0v) is 106. The third-order valence-corrected chi connectivity index (χ3v) is 33.2. The third kappa shape index (κ3) is 109. The van der Waals surface area contributed by atoms with Crippen molar-refractivity contribution in [1.29, 1.82) is 0 Å². The Morgan fingerprint density at radius 1 is 0.113 bits per heavy atom. The van der Waals surface area contributed by atoms with Crippen molar-refractivity contribution in [3.05, 3.63) is 119 Å². The predicted octanol–water partition coefficient (Wildman–Crippen LogP) is 42.7. The van der Waals surface area contributed by atoms with Crippen molar-refractivity contribution < 1.29 is 24.5 Å². The molecule has 0 fully saturated rings. The smallest absolute Gasteiger partial charge is 0.131 e. The lowest BCUT2D eigenvalue weighted by Gasteiger charge is -2.20. The molecular formula is C145H278N5+5. The Morgan fingerprint density at radius 3 is 0.360 bits per heavy atom. The Balaban J connectivity index is 0.00000206. The summed E-state index contributed by atoms with van der Waals surface area (Å²) in [5, 5.41) is 0. The maximum atomic E-state index is 2.51. The summed E-state index contributed by atoms with van der Waals surface area (Å²) in [4.78, 5) is 7.57. The quantitative estimate of drug-likeness (QED) is 0.0272. The van der Waals surface area contributed by atoms with Crippen LogP contribution in [0.5, 0.6) is 0 Å². The highest BCUT2D eigenvalue weighted by Crippen LogP contribution is 2.25. The van der Waals surface area contributed by atoms with Gasteiger partial charge in [-0.2, -0.15) is 0 Å². The number of quaternary nitrogens is 5. The number of unbranched alkanes of at least 4 members (excludes halogenated alkanes) is 92.